The summed E-state index contributed by atoms with van der Waals surface area (Å²) in [6.07, 6.45) is 6.08. The maximum absolute atomic E-state index is 12.9. The standard InChI is InChI=1S/C16H28N2O3/c1-4-15(2)14(20)18(11-7-8-12-21-3)16(13(19)17-15)9-5-6-10-16/h4-12H2,1-3H3,(H,17,19). The summed E-state index contributed by atoms with van der Waals surface area (Å²) in [5.74, 6) is 0.139. The molecule has 0 aromatic heterocycles. The first-order valence-electron chi connectivity index (χ1n) is 8.14. The molecule has 1 spiro atoms. The zero-order chi connectivity index (χ0) is 15.5. The number of amides is 2. The Morgan fingerprint density at radius 2 is 1.90 bits per heavy atom. The molecule has 1 aliphatic heterocycles. The summed E-state index contributed by atoms with van der Waals surface area (Å²) >= 11 is 0. The van der Waals surface area contributed by atoms with Crippen molar-refractivity contribution in [3.8, 4) is 0 Å². The minimum Gasteiger partial charge on any atom is -0.385 e. The smallest absolute Gasteiger partial charge is 0.248 e. The van der Waals surface area contributed by atoms with Crippen LogP contribution in [0.25, 0.3) is 0 Å². The van der Waals surface area contributed by atoms with Gasteiger partial charge >= 0.3 is 0 Å². The van der Waals surface area contributed by atoms with Crippen LogP contribution in [-0.4, -0.2) is 48.1 Å². The molecule has 2 fully saturated rings. The van der Waals surface area contributed by atoms with E-state index in [2.05, 4.69) is 5.32 Å². The van der Waals surface area contributed by atoms with E-state index in [1.165, 1.54) is 0 Å². The quantitative estimate of drug-likeness (QED) is 0.761. The molecule has 0 aromatic rings. The number of hydrogen-bond donors (Lipinski definition) is 1. The van der Waals surface area contributed by atoms with Crippen LogP contribution in [0.3, 0.4) is 0 Å². The van der Waals surface area contributed by atoms with E-state index in [1.54, 1.807) is 7.11 Å². The van der Waals surface area contributed by atoms with Gasteiger partial charge in [-0.15, -0.1) is 0 Å². The van der Waals surface area contributed by atoms with Crippen LogP contribution < -0.4 is 5.32 Å². The second kappa shape index (κ2) is 6.34. The highest BCUT2D eigenvalue weighted by molar-refractivity contribution is 6.02. The Hall–Kier alpha value is -1.10. The van der Waals surface area contributed by atoms with Gasteiger partial charge in [0.25, 0.3) is 0 Å². The van der Waals surface area contributed by atoms with Crippen molar-refractivity contribution in [2.24, 2.45) is 0 Å². The third kappa shape index (κ3) is 2.80. The average Bonchev–Trinajstić information content (AvgIpc) is 2.95. The molecule has 0 radical (unpaired) electrons. The highest BCUT2D eigenvalue weighted by atomic mass is 16.5. The molecule has 21 heavy (non-hydrogen) atoms. The van der Waals surface area contributed by atoms with Gasteiger partial charge in [0, 0.05) is 20.3 Å². The van der Waals surface area contributed by atoms with Gasteiger partial charge in [0.2, 0.25) is 11.8 Å². The fraction of sp³-hybridized carbons (Fsp3) is 0.875. The topological polar surface area (TPSA) is 58.6 Å². The van der Waals surface area contributed by atoms with Crippen molar-refractivity contribution in [2.75, 3.05) is 20.3 Å². The van der Waals surface area contributed by atoms with E-state index in [4.69, 9.17) is 4.74 Å². The van der Waals surface area contributed by atoms with Crippen molar-refractivity contribution < 1.29 is 14.3 Å². The largest absolute Gasteiger partial charge is 0.385 e. The maximum Gasteiger partial charge on any atom is 0.248 e. The molecule has 2 aliphatic rings. The molecule has 2 rings (SSSR count). The lowest BCUT2D eigenvalue weighted by Crippen LogP contribution is -2.74. The Morgan fingerprint density at radius 3 is 2.48 bits per heavy atom. The molecule has 2 amide bonds. The Kier molecular flexibility index (Phi) is 4.91. The molecule has 1 aliphatic carbocycles. The first-order chi connectivity index (χ1) is 10.00. The third-order valence-corrected chi connectivity index (χ3v) is 5.16. The van der Waals surface area contributed by atoms with Gasteiger partial charge in [0.1, 0.15) is 11.1 Å². The first kappa shape index (κ1) is 16.3. The van der Waals surface area contributed by atoms with Crippen molar-refractivity contribution in [1.82, 2.24) is 10.2 Å². The Labute approximate surface area is 127 Å². The minimum atomic E-state index is -0.744. The van der Waals surface area contributed by atoms with Gasteiger partial charge in [0.05, 0.1) is 0 Å². The van der Waals surface area contributed by atoms with Crippen LogP contribution in [0.1, 0.15) is 58.8 Å². The van der Waals surface area contributed by atoms with Gasteiger partial charge < -0.3 is 15.0 Å². The Morgan fingerprint density at radius 1 is 1.24 bits per heavy atom. The lowest BCUT2D eigenvalue weighted by atomic mass is 9.83. The van der Waals surface area contributed by atoms with Crippen LogP contribution in [-0.2, 0) is 14.3 Å². The maximum atomic E-state index is 12.9. The first-order valence-corrected chi connectivity index (χ1v) is 8.14. The molecule has 0 aromatic carbocycles. The summed E-state index contributed by atoms with van der Waals surface area (Å²) in [7, 11) is 1.69. The van der Waals surface area contributed by atoms with Crippen molar-refractivity contribution in [2.45, 2.75) is 69.9 Å². The molecule has 5 nitrogen and oxygen atoms in total. The number of piperazine rings is 1. The van der Waals surface area contributed by atoms with Gasteiger partial charge in [-0.05, 0) is 39.0 Å². The van der Waals surface area contributed by atoms with Gasteiger partial charge in [-0.25, -0.2) is 0 Å². The lowest BCUT2D eigenvalue weighted by Gasteiger charge is -2.50. The molecule has 1 saturated carbocycles. The van der Waals surface area contributed by atoms with Crippen LogP contribution in [0.4, 0.5) is 0 Å². The molecule has 1 heterocycles. The third-order valence-electron chi connectivity index (χ3n) is 5.16. The summed E-state index contributed by atoms with van der Waals surface area (Å²) in [6.45, 7) is 5.16. The number of carbonyl (C=O) groups is 2. The van der Waals surface area contributed by atoms with E-state index < -0.39 is 11.1 Å². The molecule has 1 N–H and O–H groups in total. The summed E-state index contributed by atoms with van der Waals surface area (Å²) < 4.78 is 5.08. The number of methoxy groups -OCH3 is 1. The second-order valence-electron chi connectivity index (χ2n) is 6.54. The number of nitrogens with zero attached hydrogens (tertiary/aromatic N) is 1. The predicted octanol–water partition coefficient (Wildman–Crippen LogP) is 1.85. The van der Waals surface area contributed by atoms with E-state index in [-0.39, 0.29) is 11.8 Å². The van der Waals surface area contributed by atoms with E-state index in [1.807, 2.05) is 18.7 Å². The zero-order valence-corrected chi connectivity index (χ0v) is 13.5. The average molecular weight is 296 g/mol. The number of rotatable bonds is 6. The van der Waals surface area contributed by atoms with Gasteiger partial charge in [0.15, 0.2) is 0 Å². The van der Waals surface area contributed by atoms with Crippen molar-refractivity contribution >= 4 is 11.8 Å². The number of nitrogens with one attached hydrogen (secondary N) is 1. The highest BCUT2D eigenvalue weighted by Gasteiger charge is 2.56. The summed E-state index contributed by atoms with van der Waals surface area (Å²) in [6, 6.07) is 0. The number of ether oxygens (including phenoxy) is 1. The van der Waals surface area contributed by atoms with E-state index in [0.717, 1.165) is 38.5 Å². The Bertz CT molecular complexity index is 404. The summed E-state index contributed by atoms with van der Waals surface area (Å²) in [4.78, 5) is 27.5. The van der Waals surface area contributed by atoms with E-state index >= 15 is 0 Å². The van der Waals surface area contributed by atoms with Gasteiger partial charge in [-0.1, -0.05) is 19.8 Å². The molecule has 0 bridgehead atoms. The number of carbonyl (C=O) groups excluding carboxylic acids is 2. The zero-order valence-electron chi connectivity index (χ0n) is 13.5. The highest BCUT2D eigenvalue weighted by Crippen LogP contribution is 2.40. The van der Waals surface area contributed by atoms with Gasteiger partial charge in [-0.3, -0.25) is 9.59 Å². The van der Waals surface area contributed by atoms with Crippen LogP contribution >= 0.6 is 0 Å². The summed E-state index contributed by atoms with van der Waals surface area (Å²) in [5.41, 5.74) is -1.33. The minimum absolute atomic E-state index is 0.0516. The molecule has 5 heteroatoms. The molecule has 120 valence electrons. The van der Waals surface area contributed by atoms with Crippen LogP contribution in [0.2, 0.25) is 0 Å². The van der Waals surface area contributed by atoms with Crippen molar-refractivity contribution in [3.63, 3.8) is 0 Å². The molecular formula is C16H28N2O3. The monoisotopic (exact) mass is 296 g/mol. The van der Waals surface area contributed by atoms with Crippen LogP contribution in [0, 0.1) is 0 Å². The molecule has 1 unspecified atom stereocenters. The number of unbranched alkanes of at least 4 members (excludes halogenated alkanes) is 1. The summed E-state index contributed by atoms with van der Waals surface area (Å²) in [5, 5.41) is 3.00. The number of hydrogen-bond acceptors (Lipinski definition) is 3. The molecule has 1 atom stereocenters. The van der Waals surface area contributed by atoms with Crippen molar-refractivity contribution in [1.29, 1.82) is 0 Å². The van der Waals surface area contributed by atoms with E-state index in [9.17, 15) is 9.59 Å². The normalized spacial score (nSPS) is 28.2. The van der Waals surface area contributed by atoms with E-state index in [0.29, 0.717) is 19.6 Å². The fourth-order valence-corrected chi connectivity index (χ4v) is 3.56. The lowest BCUT2D eigenvalue weighted by molar-refractivity contribution is -0.162. The predicted molar refractivity (Wildman–Crippen MR) is 80.9 cm³/mol. The molecular weight excluding hydrogens is 268 g/mol. The van der Waals surface area contributed by atoms with Gasteiger partial charge in [-0.2, -0.15) is 0 Å². The second-order valence-corrected chi connectivity index (χ2v) is 6.54. The van der Waals surface area contributed by atoms with Crippen molar-refractivity contribution in [3.05, 3.63) is 0 Å². The fourth-order valence-electron chi connectivity index (χ4n) is 3.56. The Balaban J connectivity index is 2.19. The molecule has 1 saturated heterocycles. The van der Waals surface area contributed by atoms with Crippen LogP contribution in [0.5, 0.6) is 0 Å². The van der Waals surface area contributed by atoms with Crippen LogP contribution in [0.15, 0.2) is 0 Å². The SMILES string of the molecule is CCC1(C)NC(=O)C2(CCCC2)N(CCCCOC)C1=O.